The smallest absolute Gasteiger partial charge is 0.273 e. The van der Waals surface area contributed by atoms with Crippen molar-refractivity contribution in [1.82, 2.24) is 4.98 Å². The molecule has 8 nitrogen and oxygen atoms in total. The molecule has 1 amide bonds. The van der Waals surface area contributed by atoms with E-state index in [0.717, 1.165) is 0 Å². The van der Waals surface area contributed by atoms with E-state index >= 15 is 0 Å². The average Bonchev–Trinajstić information content (AvgIpc) is 2.51. The molecule has 0 bridgehead atoms. The molecule has 0 spiro atoms. The summed E-state index contributed by atoms with van der Waals surface area (Å²) in [6, 6.07) is 3.07. The zero-order chi connectivity index (χ0) is 17.2. The Hall–Kier alpha value is -2.68. The fourth-order valence-corrected chi connectivity index (χ4v) is 2.01. The second-order valence-corrected chi connectivity index (χ2v) is 5.27. The first-order valence-corrected chi connectivity index (χ1v) is 6.73. The van der Waals surface area contributed by atoms with Gasteiger partial charge in [-0.1, -0.05) is 0 Å². The lowest BCUT2D eigenvalue weighted by Gasteiger charge is -2.37. The number of amidine groups is 1. The van der Waals surface area contributed by atoms with E-state index in [2.05, 4.69) is 9.98 Å². The number of carbonyl (C=O) groups is 1. The number of amides is 1. The minimum Gasteiger partial charge on any atom is -0.474 e. The number of halogens is 1. The van der Waals surface area contributed by atoms with Crippen LogP contribution in [0.4, 0.5) is 16.0 Å². The summed E-state index contributed by atoms with van der Waals surface area (Å²) in [6.45, 7) is 3.28. The maximum absolute atomic E-state index is 13.3. The van der Waals surface area contributed by atoms with Crippen molar-refractivity contribution in [3.8, 4) is 5.75 Å². The monoisotopic (exact) mass is 323 g/mol. The first-order valence-electron chi connectivity index (χ1n) is 6.73. The third kappa shape index (κ3) is 3.24. The van der Waals surface area contributed by atoms with Gasteiger partial charge < -0.3 is 20.9 Å². The van der Waals surface area contributed by atoms with Gasteiger partial charge in [-0.05, 0) is 26.0 Å². The van der Waals surface area contributed by atoms with Crippen LogP contribution < -0.4 is 21.1 Å². The molecule has 9 heteroatoms. The van der Waals surface area contributed by atoms with Crippen molar-refractivity contribution >= 4 is 23.4 Å². The van der Waals surface area contributed by atoms with Crippen LogP contribution in [-0.2, 0) is 9.53 Å². The number of aliphatic imine (C=N–C) groups is 1. The summed E-state index contributed by atoms with van der Waals surface area (Å²) in [7, 11) is 1.46. The Labute approximate surface area is 132 Å². The number of carbonyl (C=O) groups excluding carboxylic acids is 1. The number of hydrogen-bond donors (Lipinski definition) is 2. The van der Waals surface area contributed by atoms with Gasteiger partial charge in [0.15, 0.2) is 34.6 Å². The molecule has 1 aromatic heterocycles. The lowest BCUT2D eigenvalue weighted by molar-refractivity contribution is -0.134. The minimum absolute atomic E-state index is 0.00859. The molecule has 23 heavy (non-hydrogen) atoms. The van der Waals surface area contributed by atoms with Gasteiger partial charge in [0.25, 0.3) is 5.91 Å². The molecule has 0 aliphatic carbocycles. The number of nitrogens with zero attached hydrogens (tertiary/aromatic N) is 3. The Balaban J connectivity index is 2.48. The molecule has 124 valence electrons. The molecule has 0 aromatic carbocycles. The van der Waals surface area contributed by atoms with Gasteiger partial charge >= 0.3 is 0 Å². The molecule has 1 aromatic rings. The second-order valence-electron chi connectivity index (χ2n) is 5.27. The van der Waals surface area contributed by atoms with Crippen LogP contribution in [0.1, 0.15) is 13.8 Å². The normalized spacial score (nSPS) is 17.7. The Kier molecular flexibility index (Phi) is 4.50. The van der Waals surface area contributed by atoms with Gasteiger partial charge in [0.2, 0.25) is 0 Å². The number of nitrogens with two attached hydrogens (primary N) is 2. The average molecular weight is 323 g/mol. The van der Waals surface area contributed by atoms with Gasteiger partial charge in [-0.2, -0.15) is 0 Å². The maximum atomic E-state index is 13.3. The van der Waals surface area contributed by atoms with Crippen LogP contribution in [0.15, 0.2) is 29.2 Å². The Bertz CT molecular complexity index is 687. The van der Waals surface area contributed by atoms with Crippen LogP contribution in [0, 0.1) is 0 Å². The van der Waals surface area contributed by atoms with E-state index in [4.69, 9.17) is 20.9 Å². The number of pyridine rings is 1. The van der Waals surface area contributed by atoms with Crippen LogP contribution in [0.2, 0.25) is 0 Å². The van der Waals surface area contributed by atoms with Crippen LogP contribution in [0.5, 0.6) is 5.75 Å². The Morgan fingerprint density at radius 1 is 1.57 bits per heavy atom. The molecular weight excluding hydrogens is 305 g/mol. The van der Waals surface area contributed by atoms with Crippen molar-refractivity contribution in [1.29, 1.82) is 0 Å². The third-order valence-electron chi connectivity index (χ3n) is 3.09. The Morgan fingerprint density at radius 2 is 2.26 bits per heavy atom. The molecule has 0 radical (unpaired) electrons. The highest BCUT2D eigenvalue weighted by molar-refractivity contribution is 6.01. The maximum Gasteiger partial charge on any atom is 0.273 e. The molecule has 2 heterocycles. The number of ether oxygens (including phenoxy) is 2. The molecule has 1 aliphatic rings. The lowest BCUT2D eigenvalue weighted by Crippen LogP contribution is -2.53. The third-order valence-corrected chi connectivity index (χ3v) is 3.09. The van der Waals surface area contributed by atoms with Gasteiger partial charge in [-0.25, -0.2) is 14.4 Å². The predicted octanol–water partition coefficient (Wildman–Crippen LogP) is 0.948. The highest BCUT2D eigenvalue weighted by Crippen LogP contribution is 2.37. The highest BCUT2D eigenvalue weighted by atomic mass is 19.1. The van der Waals surface area contributed by atoms with Crippen molar-refractivity contribution in [3.05, 3.63) is 24.2 Å². The van der Waals surface area contributed by atoms with Crippen LogP contribution in [-0.4, -0.2) is 36.2 Å². The van der Waals surface area contributed by atoms with Crippen LogP contribution >= 0.6 is 0 Å². The van der Waals surface area contributed by atoms with Crippen molar-refractivity contribution in [2.45, 2.75) is 19.4 Å². The number of anilines is 1. The zero-order valence-corrected chi connectivity index (χ0v) is 13.0. The molecule has 0 atom stereocenters. The standard InChI is InChI=1S/C14H18FN5O3/c1-14(2)13(21)20(7-22-3)12-9(23-14)4-5-10(19-12)18-11(17)8(15)6-16/h4-6H,7,16H2,1-3H3,(H2,17,18,19)/b8-6+. The highest BCUT2D eigenvalue weighted by Gasteiger charge is 2.41. The van der Waals surface area contributed by atoms with Gasteiger partial charge in [0.1, 0.15) is 6.73 Å². The summed E-state index contributed by atoms with van der Waals surface area (Å²) in [5, 5.41) is 0. The van der Waals surface area contributed by atoms with E-state index < -0.39 is 17.3 Å². The summed E-state index contributed by atoms with van der Waals surface area (Å²) in [6.07, 6.45) is 0.698. The Morgan fingerprint density at radius 3 is 2.87 bits per heavy atom. The van der Waals surface area contributed by atoms with E-state index in [1.807, 2.05) is 0 Å². The van der Waals surface area contributed by atoms with E-state index in [0.29, 0.717) is 11.9 Å². The fraction of sp³-hybridized carbons (Fsp3) is 0.357. The summed E-state index contributed by atoms with van der Waals surface area (Å²) >= 11 is 0. The zero-order valence-electron chi connectivity index (χ0n) is 13.0. The van der Waals surface area contributed by atoms with Gasteiger partial charge in [0, 0.05) is 13.3 Å². The molecular formula is C14H18FN5O3. The molecule has 4 N–H and O–H groups in total. The van der Waals surface area contributed by atoms with Crippen molar-refractivity contribution in [2.75, 3.05) is 18.7 Å². The second kappa shape index (κ2) is 6.21. The SMILES string of the molecule is COCN1C(=O)C(C)(C)Oc2ccc(N=C(N)/C(F)=C\N)nc21. The minimum atomic E-state index is -1.05. The number of rotatable bonds is 4. The quantitative estimate of drug-likeness (QED) is 0.629. The first-order chi connectivity index (χ1) is 10.8. The molecule has 0 saturated heterocycles. The largest absolute Gasteiger partial charge is 0.474 e. The molecule has 1 aliphatic heterocycles. The van der Waals surface area contributed by atoms with Gasteiger partial charge in [0.05, 0.1) is 0 Å². The number of methoxy groups -OCH3 is 1. The van der Waals surface area contributed by atoms with Crippen LogP contribution in [0.25, 0.3) is 0 Å². The van der Waals surface area contributed by atoms with Crippen molar-refractivity contribution in [2.24, 2.45) is 16.5 Å². The number of fused-ring (bicyclic) bond motifs is 1. The molecule has 0 unspecified atom stereocenters. The molecule has 0 saturated carbocycles. The van der Waals surface area contributed by atoms with Crippen LogP contribution in [0.3, 0.4) is 0 Å². The summed E-state index contributed by atoms with van der Waals surface area (Å²) < 4.78 is 23.9. The fourth-order valence-electron chi connectivity index (χ4n) is 2.01. The predicted molar refractivity (Wildman–Crippen MR) is 83.0 cm³/mol. The van der Waals surface area contributed by atoms with E-state index in [-0.39, 0.29) is 24.3 Å². The summed E-state index contributed by atoms with van der Waals surface area (Å²) in [5.74, 6) is -0.883. The first kappa shape index (κ1) is 16.7. The summed E-state index contributed by atoms with van der Waals surface area (Å²) in [5.41, 5.74) is 9.44. The van der Waals surface area contributed by atoms with E-state index in [1.165, 1.54) is 18.1 Å². The molecule has 0 fully saturated rings. The number of hydrogen-bond acceptors (Lipinski definition) is 6. The topological polar surface area (TPSA) is 116 Å². The van der Waals surface area contributed by atoms with Gasteiger partial charge in [-0.15, -0.1) is 0 Å². The summed E-state index contributed by atoms with van der Waals surface area (Å²) in [4.78, 5) is 21.7. The lowest BCUT2D eigenvalue weighted by atomic mass is 10.1. The van der Waals surface area contributed by atoms with E-state index in [1.54, 1.807) is 19.9 Å². The van der Waals surface area contributed by atoms with E-state index in [9.17, 15) is 9.18 Å². The van der Waals surface area contributed by atoms with Crippen molar-refractivity contribution < 1.29 is 18.7 Å². The van der Waals surface area contributed by atoms with Crippen molar-refractivity contribution in [3.63, 3.8) is 0 Å². The van der Waals surface area contributed by atoms with Gasteiger partial charge in [-0.3, -0.25) is 9.69 Å². The number of aromatic nitrogens is 1. The molecule has 2 rings (SSSR count).